The Morgan fingerprint density at radius 1 is 1.03 bits per heavy atom. The minimum atomic E-state index is -0.469. The number of hydrazone groups is 1. The standard InChI is InChI=1S/C30H29N5O3/c1-6-22-8-12-25(13-9-22)33-30(37)27-18-23(7-2)19-28(38-5)29(27)35(21-36)26-14-10-24(11-15-26)20-32-31-16-17-34(3)4/h1-2,8-15,18-21,31H,16-17H2,3-5H3,(H,33,37). The third-order valence-electron chi connectivity index (χ3n) is 5.51. The topological polar surface area (TPSA) is 86.3 Å². The molecule has 0 spiro atoms. The van der Waals surface area contributed by atoms with Gasteiger partial charge in [0.15, 0.2) is 0 Å². The summed E-state index contributed by atoms with van der Waals surface area (Å²) in [6.07, 6.45) is 13.4. The van der Waals surface area contributed by atoms with Crippen LogP contribution < -0.4 is 20.4 Å². The Balaban J connectivity index is 1.94. The fourth-order valence-electron chi connectivity index (χ4n) is 3.54. The molecule has 0 aliphatic carbocycles. The summed E-state index contributed by atoms with van der Waals surface area (Å²) < 4.78 is 5.55. The summed E-state index contributed by atoms with van der Waals surface area (Å²) in [5.41, 5.74) is 6.41. The number of hydrogen-bond donors (Lipinski definition) is 2. The fraction of sp³-hybridized carbons (Fsp3) is 0.167. The number of nitrogens with one attached hydrogen (secondary N) is 2. The third kappa shape index (κ3) is 7.01. The van der Waals surface area contributed by atoms with Crippen LogP contribution in [0.25, 0.3) is 0 Å². The van der Waals surface area contributed by atoms with Gasteiger partial charge in [0.25, 0.3) is 5.91 Å². The first kappa shape index (κ1) is 27.5. The lowest BCUT2D eigenvalue weighted by molar-refractivity contribution is -0.106. The van der Waals surface area contributed by atoms with Crippen molar-refractivity contribution >= 4 is 35.6 Å². The van der Waals surface area contributed by atoms with Gasteiger partial charge in [0.05, 0.1) is 18.9 Å². The summed E-state index contributed by atoms with van der Waals surface area (Å²) in [4.78, 5) is 29.1. The van der Waals surface area contributed by atoms with Crippen LogP contribution >= 0.6 is 0 Å². The first-order chi connectivity index (χ1) is 18.4. The zero-order valence-corrected chi connectivity index (χ0v) is 21.6. The van der Waals surface area contributed by atoms with Crippen LogP contribution in [0, 0.1) is 24.7 Å². The lowest BCUT2D eigenvalue weighted by Gasteiger charge is -2.23. The highest BCUT2D eigenvalue weighted by Gasteiger charge is 2.24. The SMILES string of the molecule is C#Cc1ccc(NC(=O)c2cc(C#C)cc(OC)c2N(C=O)c2ccc(C=NNCCN(C)C)cc2)cc1. The van der Waals surface area contributed by atoms with E-state index in [1.807, 2.05) is 26.2 Å². The van der Waals surface area contributed by atoms with E-state index in [0.717, 1.165) is 12.1 Å². The van der Waals surface area contributed by atoms with Crippen LogP contribution in [0.5, 0.6) is 5.75 Å². The largest absolute Gasteiger partial charge is 0.494 e. The third-order valence-corrected chi connectivity index (χ3v) is 5.51. The van der Waals surface area contributed by atoms with Crippen molar-refractivity contribution in [1.29, 1.82) is 0 Å². The first-order valence-corrected chi connectivity index (χ1v) is 11.7. The molecule has 0 heterocycles. The van der Waals surface area contributed by atoms with Gasteiger partial charge in [-0.05, 0) is 68.2 Å². The molecule has 8 heteroatoms. The smallest absolute Gasteiger partial charge is 0.257 e. The molecule has 0 saturated heterocycles. The molecule has 0 atom stereocenters. The zero-order chi connectivity index (χ0) is 27.5. The van der Waals surface area contributed by atoms with Crippen LogP contribution in [0.4, 0.5) is 17.1 Å². The fourth-order valence-corrected chi connectivity index (χ4v) is 3.54. The second-order valence-corrected chi connectivity index (χ2v) is 8.43. The Hall–Kier alpha value is -5.05. The Labute approximate surface area is 223 Å². The highest BCUT2D eigenvalue weighted by molar-refractivity contribution is 6.12. The molecule has 8 nitrogen and oxygen atoms in total. The van der Waals surface area contributed by atoms with Crippen molar-refractivity contribution in [2.45, 2.75) is 0 Å². The number of carbonyl (C=O) groups is 2. The average molecular weight is 508 g/mol. The Morgan fingerprint density at radius 2 is 1.71 bits per heavy atom. The number of anilines is 3. The lowest BCUT2D eigenvalue weighted by atomic mass is 10.0. The lowest BCUT2D eigenvalue weighted by Crippen LogP contribution is -2.23. The number of amides is 2. The second kappa shape index (κ2) is 13.3. The predicted molar refractivity (Wildman–Crippen MR) is 152 cm³/mol. The van der Waals surface area contributed by atoms with Gasteiger partial charge in [-0.15, -0.1) is 12.8 Å². The van der Waals surface area contributed by atoms with Gasteiger partial charge in [0.1, 0.15) is 11.4 Å². The molecule has 0 aromatic heterocycles. The van der Waals surface area contributed by atoms with Crippen molar-refractivity contribution in [3.05, 3.63) is 82.9 Å². The number of terminal acetylenes is 2. The molecular weight excluding hydrogens is 478 g/mol. The number of rotatable bonds is 11. The van der Waals surface area contributed by atoms with Gasteiger partial charge in [-0.1, -0.05) is 24.0 Å². The summed E-state index contributed by atoms with van der Waals surface area (Å²) in [6.45, 7) is 1.57. The van der Waals surface area contributed by atoms with Crippen molar-refractivity contribution in [1.82, 2.24) is 10.3 Å². The van der Waals surface area contributed by atoms with Gasteiger partial charge in [0.2, 0.25) is 6.41 Å². The molecule has 3 rings (SSSR count). The average Bonchev–Trinajstić information content (AvgIpc) is 2.94. The van der Waals surface area contributed by atoms with Crippen molar-refractivity contribution in [2.24, 2.45) is 5.10 Å². The van der Waals surface area contributed by atoms with Crippen LogP contribution in [0.3, 0.4) is 0 Å². The number of likely N-dealkylation sites (N-methyl/N-ethyl adjacent to an activating group) is 1. The van der Waals surface area contributed by atoms with Gasteiger partial charge in [-0.2, -0.15) is 5.10 Å². The van der Waals surface area contributed by atoms with E-state index in [4.69, 9.17) is 17.6 Å². The van der Waals surface area contributed by atoms with Crippen molar-refractivity contribution in [3.63, 3.8) is 0 Å². The molecule has 38 heavy (non-hydrogen) atoms. The molecule has 0 radical (unpaired) electrons. The summed E-state index contributed by atoms with van der Waals surface area (Å²) in [7, 11) is 5.43. The van der Waals surface area contributed by atoms with Gasteiger partial charge in [-0.25, -0.2) is 0 Å². The van der Waals surface area contributed by atoms with E-state index in [9.17, 15) is 9.59 Å². The van der Waals surface area contributed by atoms with Gasteiger partial charge in [-0.3, -0.25) is 14.5 Å². The molecule has 3 aromatic rings. The summed E-state index contributed by atoms with van der Waals surface area (Å²) >= 11 is 0. The van der Waals surface area contributed by atoms with Crippen molar-refractivity contribution < 1.29 is 14.3 Å². The van der Waals surface area contributed by atoms with Crippen molar-refractivity contribution in [2.75, 3.05) is 44.5 Å². The van der Waals surface area contributed by atoms with Crippen LogP contribution in [0.2, 0.25) is 0 Å². The Morgan fingerprint density at radius 3 is 2.29 bits per heavy atom. The molecule has 2 amide bonds. The molecule has 0 saturated carbocycles. The van der Waals surface area contributed by atoms with Gasteiger partial charge >= 0.3 is 0 Å². The first-order valence-electron chi connectivity index (χ1n) is 11.7. The predicted octanol–water partition coefficient (Wildman–Crippen LogP) is 3.69. The second-order valence-electron chi connectivity index (χ2n) is 8.43. The van der Waals surface area contributed by atoms with Crippen LogP contribution in [-0.2, 0) is 4.79 Å². The maximum atomic E-state index is 13.4. The zero-order valence-electron chi connectivity index (χ0n) is 21.6. The summed E-state index contributed by atoms with van der Waals surface area (Å²) in [5, 5.41) is 7.04. The number of carbonyl (C=O) groups excluding carboxylic acids is 2. The van der Waals surface area contributed by atoms with Gasteiger partial charge < -0.3 is 20.4 Å². The molecule has 192 valence electrons. The Kier molecular flexibility index (Phi) is 9.65. The highest BCUT2D eigenvalue weighted by Crippen LogP contribution is 2.38. The maximum Gasteiger partial charge on any atom is 0.257 e. The molecule has 2 N–H and O–H groups in total. The number of benzene rings is 3. The molecule has 0 bridgehead atoms. The summed E-state index contributed by atoms with van der Waals surface area (Å²) in [5.74, 6) is 4.87. The van der Waals surface area contributed by atoms with E-state index in [1.165, 1.54) is 12.0 Å². The quantitative estimate of drug-likeness (QED) is 0.136. The molecule has 3 aromatic carbocycles. The molecule has 0 aliphatic rings. The highest BCUT2D eigenvalue weighted by atomic mass is 16.5. The monoisotopic (exact) mass is 507 g/mol. The minimum Gasteiger partial charge on any atom is -0.494 e. The van der Waals surface area contributed by atoms with Crippen LogP contribution in [-0.4, -0.2) is 57.7 Å². The number of nitrogens with zero attached hydrogens (tertiary/aromatic N) is 3. The van der Waals surface area contributed by atoms with Crippen LogP contribution in [0.1, 0.15) is 27.0 Å². The number of ether oxygens (including phenoxy) is 1. The maximum absolute atomic E-state index is 13.4. The Bertz CT molecular complexity index is 1380. The summed E-state index contributed by atoms with van der Waals surface area (Å²) in [6, 6.07) is 17.1. The van der Waals surface area contributed by atoms with E-state index in [2.05, 4.69) is 32.6 Å². The number of hydrogen-bond acceptors (Lipinski definition) is 6. The van der Waals surface area contributed by atoms with E-state index in [1.54, 1.807) is 54.7 Å². The normalized spacial score (nSPS) is 10.5. The van der Waals surface area contributed by atoms with E-state index in [0.29, 0.717) is 35.5 Å². The molecular formula is C30H29N5O3. The minimum absolute atomic E-state index is 0.168. The van der Waals surface area contributed by atoms with E-state index in [-0.39, 0.29) is 17.0 Å². The van der Waals surface area contributed by atoms with Gasteiger partial charge in [0, 0.05) is 35.6 Å². The molecule has 0 fully saturated rings. The van der Waals surface area contributed by atoms with E-state index >= 15 is 0 Å². The van der Waals surface area contributed by atoms with Crippen molar-refractivity contribution in [3.8, 4) is 30.4 Å². The molecule has 0 aliphatic heterocycles. The number of methoxy groups -OCH3 is 1. The van der Waals surface area contributed by atoms with Crippen LogP contribution in [0.15, 0.2) is 65.8 Å². The van der Waals surface area contributed by atoms with E-state index < -0.39 is 5.91 Å². The molecule has 0 unspecified atom stereocenters.